The molecule has 41 heavy (non-hydrogen) atoms. The van der Waals surface area contributed by atoms with E-state index in [4.69, 9.17) is 15.5 Å². The van der Waals surface area contributed by atoms with Crippen molar-refractivity contribution in [3.05, 3.63) is 30.1 Å². The lowest BCUT2D eigenvalue weighted by atomic mass is 9.89. The molecule has 0 unspecified atom stereocenters. The fraction of sp³-hybridized carbons (Fsp3) is 0.656. The van der Waals surface area contributed by atoms with Crippen molar-refractivity contribution in [2.45, 2.75) is 103 Å². The molecule has 2 aromatic heterocycles. The normalized spacial score (nSPS) is 18.1. The number of esters is 1. The Labute approximate surface area is 245 Å². The number of nitrogen functional groups attached to an aromatic ring is 1. The van der Waals surface area contributed by atoms with Gasteiger partial charge in [0.2, 0.25) is 0 Å². The average molecular weight is 566 g/mol. The highest BCUT2D eigenvalue weighted by molar-refractivity contribution is 6.06. The van der Waals surface area contributed by atoms with Gasteiger partial charge in [0.1, 0.15) is 16.9 Å². The smallest absolute Gasteiger partial charge is 0.306 e. The molecular weight excluding hydrogens is 514 g/mol. The summed E-state index contributed by atoms with van der Waals surface area (Å²) in [4.78, 5) is 27.2. The third-order valence-corrected chi connectivity index (χ3v) is 8.56. The molecule has 1 aliphatic rings. The van der Waals surface area contributed by atoms with Crippen molar-refractivity contribution < 1.29 is 9.53 Å². The van der Waals surface area contributed by atoms with Crippen LogP contribution < -0.4 is 11.1 Å². The number of rotatable bonds is 14. The maximum atomic E-state index is 12.9. The lowest BCUT2D eigenvalue weighted by Crippen LogP contribution is -2.40. The molecule has 3 aromatic rings. The Bertz CT molecular complexity index is 1290. The number of para-hydroxylation sites is 1. The van der Waals surface area contributed by atoms with E-state index >= 15 is 0 Å². The first-order chi connectivity index (χ1) is 19.6. The van der Waals surface area contributed by atoms with E-state index in [0.29, 0.717) is 36.9 Å². The van der Waals surface area contributed by atoms with Crippen LogP contribution in [0.15, 0.2) is 24.3 Å². The summed E-state index contributed by atoms with van der Waals surface area (Å²) in [6, 6.07) is 9.39. The molecule has 1 fully saturated rings. The van der Waals surface area contributed by atoms with E-state index in [-0.39, 0.29) is 5.97 Å². The van der Waals surface area contributed by atoms with Gasteiger partial charge in [-0.15, -0.1) is 0 Å². The molecular formula is C32H51N7O2. The number of nitrogens with zero attached hydrogens (tertiary/aromatic N) is 5. The fourth-order valence-corrected chi connectivity index (χ4v) is 6.22. The number of carbonyl (C=O) groups excluding carboxylic acids is 1. The van der Waals surface area contributed by atoms with Gasteiger partial charge >= 0.3 is 5.97 Å². The predicted molar refractivity (Wildman–Crippen MR) is 168 cm³/mol. The highest BCUT2D eigenvalue weighted by atomic mass is 16.6. The summed E-state index contributed by atoms with van der Waals surface area (Å²) >= 11 is 0. The molecule has 3 N–H and O–H groups in total. The number of nitrogens with one attached hydrogen (secondary N) is 1. The second-order valence-electron chi connectivity index (χ2n) is 12.6. The standard InChI is InChI=1S/C32H51N7O2/c1-7-34-21-27-36-29-30(25-13-10-11-14-26(25)35-31(29)33)39(27)22-32(2,3)41-28(40)15-9-8-12-20-38(6)24-18-16-23(17-19-24)37(4)5/h10-11,13-14,23-24,34H,7-9,12,15-22H2,1-6H3,(H2,33,35)/t23-,24+. The van der Waals surface area contributed by atoms with E-state index in [9.17, 15) is 4.79 Å². The summed E-state index contributed by atoms with van der Waals surface area (Å²) < 4.78 is 8.19. The first-order valence-electron chi connectivity index (χ1n) is 15.4. The van der Waals surface area contributed by atoms with Crippen molar-refractivity contribution in [2.75, 3.05) is 40.0 Å². The number of pyridine rings is 1. The Kier molecular flexibility index (Phi) is 10.6. The van der Waals surface area contributed by atoms with Crippen LogP contribution in [0.5, 0.6) is 0 Å². The third-order valence-electron chi connectivity index (χ3n) is 8.56. The first kappa shape index (κ1) is 31.2. The second-order valence-corrected chi connectivity index (χ2v) is 12.6. The number of unbranched alkanes of at least 4 members (excludes halogenated alkanes) is 2. The molecule has 9 heteroatoms. The van der Waals surface area contributed by atoms with Gasteiger partial charge in [0.05, 0.1) is 24.1 Å². The number of hydrogen-bond donors (Lipinski definition) is 2. The molecule has 226 valence electrons. The summed E-state index contributed by atoms with van der Waals surface area (Å²) in [5.74, 6) is 1.13. The largest absolute Gasteiger partial charge is 0.458 e. The van der Waals surface area contributed by atoms with Crippen LogP contribution in [0.25, 0.3) is 21.9 Å². The topological polar surface area (TPSA) is 102 Å². The van der Waals surface area contributed by atoms with E-state index in [1.165, 1.54) is 25.7 Å². The van der Waals surface area contributed by atoms with E-state index in [1.54, 1.807) is 0 Å². The molecule has 0 saturated heterocycles. The van der Waals surface area contributed by atoms with Crippen molar-refractivity contribution in [3.8, 4) is 0 Å². The number of carbonyl (C=O) groups is 1. The number of fused-ring (bicyclic) bond motifs is 3. The fourth-order valence-electron chi connectivity index (χ4n) is 6.22. The Morgan fingerprint density at radius 1 is 1.07 bits per heavy atom. The quantitative estimate of drug-likeness (QED) is 0.209. The Morgan fingerprint density at radius 2 is 1.78 bits per heavy atom. The lowest BCUT2D eigenvalue weighted by Gasteiger charge is -2.37. The maximum Gasteiger partial charge on any atom is 0.306 e. The lowest BCUT2D eigenvalue weighted by molar-refractivity contribution is -0.157. The molecule has 0 amide bonds. The summed E-state index contributed by atoms with van der Waals surface area (Å²) in [6.07, 6.45) is 8.57. The van der Waals surface area contributed by atoms with Gasteiger partial charge in [0, 0.05) is 23.9 Å². The molecule has 1 aliphatic carbocycles. The Hall–Kier alpha value is -2.75. The SMILES string of the molecule is CCNCc1nc2c(N)nc3ccccc3c2n1CC(C)(C)OC(=O)CCCCCN(C)[C@H]1CC[C@@H](N(C)C)CC1. The van der Waals surface area contributed by atoms with Crippen LogP contribution in [0, 0.1) is 0 Å². The van der Waals surface area contributed by atoms with Crippen LogP contribution in [0.2, 0.25) is 0 Å². The molecule has 0 bridgehead atoms. The highest BCUT2D eigenvalue weighted by Crippen LogP contribution is 2.31. The molecule has 0 aliphatic heterocycles. The monoisotopic (exact) mass is 565 g/mol. The van der Waals surface area contributed by atoms with Crippen LogP contribution in [-0.4, -0.2) is 82.2 Å². The minimum Gasteiger partial charge on any atom is -0.458 e. The van der Waals surface area contributed by atoms with E-state index in [2.05, 4.69) is 52.7 Å². The molecule has 1 aromatic carbocycles. The van der Waals surface area contributed by atoms with Crippen molar-refractivity contribution in [1.82, 2.24) is 29.7 Å². The number of benzene rings is 1. The highest BCUT2D eigenvalue weighted by Gasteiger charge is 2.28. The minimum absolute atomic E-state index is 0.144. The third kappa shape index (κ3) is 7.96. The molecule has 1 saturated carbocycles. The zero-order chi connectivity index (χ0) is 29.6. The van der Waals surface area contributed by atoms with Gasteiger partial charge in [-0.3, -0.25) is 4.79 Å². The predicted octanol–water partition coefficient (Wildman–Crippen LogP) is 4.96. The van der Waals surface area contributed by atoms with Gasteiger partial charge in [0.25, 0.3) is 0 Å². The molecule has 0 atom stereocenters. The van der Waals surface area contributed by atoms with Crippen LogP contribution >= 0.6 is 0 Å². The molecule has 9 nitrogen and oxygen atoms in total. The van der Waals surface area contributed by atoms with Gasteiger partial charge in [0.15, 0.2) is 5.82 Å². The van der Waals surface area contributed by atoms with Crippen LogP contribution in [-0.2, 0) is 22.6 Å². The number of ether oxygens (including phenoxy) is 1. The van der Waals surface area contributed by atoms with Gasteiger partial charge in [-0.2, -0.15) is 0 Å². The van der Waals surface area contributed by atoms with Crippen molar-refractivity contribution in [1.29, 1.82) is 0 Å². The van der Waals surface area contributed by atoms with Gasteiger partial charge in [-0.05, 0) is 92.7 Å². The van der Waals surface area contributed by atoms with Crippen molar-refractivity contribution >= 4 is 33.7 Å². The molecule has 2 heterocycles. The summed E-state index contributed by atoms with van der Waals surface area (Å²) in [6.45, 7) is 8.99. The Balaban J connectivity index is 1.31. The van der Waals surface area contributed by atoms with Gasteiger partial charge in [-0.25, -0.2) is 9.97 Å². The molecule has 0 radical (unpaired) electrons. The van der Waals surface area contributed by atoms with Crippen molar-refractivity contribution in [2.24, 2.45) is 0 Å². The number of anilines is 1. The van der Waals surface area contributed by atoms with E-state index in [1.807, 2.05) is 38.1 Å². The average Bonchev–Trinajstić information content (AvgIpc) is 3.29. The molecule has 4 rings (SSSR count). The summed E-state index contributed by atoms with van der Waals surface area (Å²) in [7, 11) is 6.64. The maximum absolute atomic E-state index is 12.9. The number of aromatic nitrogens is 3. The minimum atomic E-state index is -0.712. The number of imidazole rings is 1. The van der Waals surface area contributed by atoms with E-state index < -0.39 is 5.60 Å². The zero-order valence-electron chi connectivity index (χ0n) is 26.1. The van der Waals surface area contributed by atoms with Gasteiger partial charge in [-0.1, -0.05) is 31.5 Å². The van der Waals surface area contributed by atoms with Crippen molar-refractivity contribution in [3.63, 3.8) is 0 Å². The second kappa shape index (κ2) is 13.9. The van der Waals surface area contributed by atoms with E-state index in [0.717, 1.165) is 60.6 Å². The van der Waals surface area contributed by atoms with Crippen LogP contribution in [0.4, 0.5) is 5.82 Å². The number of hydrogen-bond acceptors (Lipinski definition) is 8. The van der Waals surface area contributed by atoms with Crippen LogP contribution in [0.1, 0.15) is 78.0 Å². The van der Waals surface area contributed by atoms with Gasteiger partial charge < -0.3 is 30.2 Å². The summed E-state index contributed by atoms with van der Waals surface area (Å²) in [5, 5.41) is 4.37. The Morgan fingerprint density at radius 3 is 2.49 bits per heavy atom. The van der Waals surface area contributed by atoms with Crippen LogP contribution in [0.3, 0.4) is 0 Å². The summed E-state index contributed by atoms with van der Waals surface area (Å²) in [5.41, 5.74) is 8.08. The number of nitrogens with two attached hydrogens (primary N) is 1. The first-order valence-corrected chi connectivity index (χ1v) is 15.4. The molecule has 0 spiro atoms. The zero-order valence-corrected chi connectivity index (χ0v) is 26.1.